The van der Waals surface area contributed by atoms with Gasteiger partial charge in [0.05, 0.1) is 12.1 Å². The lowest BCUT2D eigenvalue weighted by Crippen LogP contribution is -2.54. The second-order valence-corrected chi connectivity index (χ2v) is 5.60. The van der Waals surface area contributed by atoms with Crippen LogP contribution in [0.3, 0.4) is 0 Å². The zero-order valence-corrected chi connectivity index (χ0v) is 12.5. The van der Waals surface area contributed by atoms with Crippen LogP contribution in [-0.4, -0.2) is 63.8 Å². The van der Waals surface area contributed by atoms with Crippen molar-refractivity contribution in [3.8, 4) is 0 Å². The maximum Gasteiger partial charge on any atom is 0.320 e. The van der Waals surface area contributed by atoms with Crippen LogP contribution in [0, 0.1) is 0 Å². The highest BCUT2D eigenvalue weighted by Gasteiger charge is 2.30. The molecule has 0 heterocycles. The summed E-state index contributed by atoms with van der Waals surface area (Å²) < 4.78 is 0. The summed E-state index contributed by atoms with van der Waals surface area (Å²) in [6, 6.07) is -0.210. The monoisotopic (exact) mass is 274 g/mol. The third-order valence-corrected chi connectivity index (χ3v) is 3.24. The molecule has 0 spiro atoms. The molecule has 0 aliphatic carbocycles. The molecule has 0 aromatic heterocycles. The van der Waals surface area contributed by atoms with Crippen LogP contribution in [0.4, 0.5) is 4.79 Å². The van der Waals surface area contributed by atoms with Crippen molar-refractivity contribution in [3.05, 3.63) is 0 Å². The van der Waals surface area contributed by atoms with E-state index in [1.165, 1.54) is 4.90 Å². The van der Waals surface area contributed by atoms with E-state index in [-0.39, 0.29) is 25.1 Å². The highest BCUT2D eigenvalue weighted by molar-refractivity contribution is 5.75. The van der Waals surface area contributed by atoms with Crippen molar-refractivity contribution < 1.29 is 19.8 Å². The number of hydrogen-bond donors (Lipinski definition) is 2. The molecule has 0 unspecified atom stereocenters. The van der Waals surface area contributed by atoms with Crippen LogP contribution in [-0.2, 0) is 4.79 Å². The van der Waals surface area contributed by atoms with Crippen LogP contribution in [0.25, 0.3) is 0 Å². The molecule has 0 aliphatic heterocycles. The minimum Gasteiger partial charge on any atom is -0.481 e. The van der Waals surface area contributed by atoms with Crippen LogP contribution in [0.2, 0.25) is 0 Å². The van der Waals surface area contributed by atoms with Crippen molar-refractivity contribution in [2.24, 2.45) is 0 Å². The predicted molar refractivity (Wildman–Crippen MR) is 73.0 cm³/mol. The molecule has 6 heteroatoms. The summed E-state index contributed by atoms with van der Waals surface area (Å²) in [7, 11) is 1.64. The zero-order valence-electron chi connectivity index (χ0n) is 12.5. The van der Waals surface area contributed by atoms with E-state index in [1.54, 1.807) is 25.8 Å². The predicted octanol–water partition coefficient (Wildman–Crippen LogP) is 1.38. The van der Waals surface area contributed by atoms with E-state index in [9.17, 15) is 14.7 Å². The molecule has 0 saturated carbocycles. The highest BCUT2D eigenvalue weighted by Crippen LogP contribution is 2.15. The van der Waals surface area contributed by atoms with E-state index < -0.39 is 11.5 Å². The van der Waals surface area contributed by atoms with Gasteiger partial charge in [0.25, 0.3) is 0 Å². The van der Waals surface area contributed by atoms with Crippen LogP contribution in [0.1, 0.15) is 40.5 Å². The number of likely N-dealkylation sites (N-methyl/N-ethyl adjacent to an activating group) is 1. The number of aliphatic hydroxyl groups is 1. The summed E-state index contributed by atoms with van der Waals surface area (Å²) >= 11 is 0. The second kappa shape index (κ2) is 7.33. The summed E-state index contributed by atoms with van der Waals surface area (Å²) in [5.41, 5.74) is -0.642. The number of carboxylic acid groups (broad SMARTS) is 1. The molecule has 112 valence electrons. The number of urea groups is 1. The zero-order chi connectivity index (χ0) is 15.2. The molecule has 0 rings (SSSR count). The van der Waals surface area contributed by atoms with E-state index >= 15 is 0 Å². The Kier molecular flexibility index (Phi) is 6.83. The highest BCUT2D eigenvalue weighted by atomic mass is 16.4. The number of carbonyl (C=O) groups is 2. The van der Waals surface area contributed by atoms with Crippen molar-refractivity contribution >= 4 is 12.0 Å². The SMILES string of the molecule is CC(C)N(CCCC(=O)O)C(=O)N(C)C(C)(C)CO. The van der Waals surface area contributed by atoms with Gasteiger partial charge in [0, 0.05) is 26.1 Å². The summed E-state index contributed by atoms with van der Waals surface area (Å²) in [6.45, 7) is 7.60. The van der Waals surface area contributed by atoms with Crippen molar-refractivity contribution in [3.63, 3.8) is 0 Å². The number of carboxylic acids is 1. The molecule has 0 aliphatic rings. The fraction of sp³-hybridized carbons (Fsp3) is 0.846. The smallest absolute Gasteiger partial charge is 0.320 e. The van der Waals surface area contributed by atoms with Gasteiger partial charge < -0.3 is 20.0 Å². The lowest BCUT2D eigenvalue weighted by Gasteiger charge is -2.39. The lowest BCUT2D eigenvalue weighted by molar-refractivity contribution is -0.137. The van der Waals surface area contributed by atoms with Gasteiger partial charge in [-0.15, -0.1) is 0 Å². The average Bonchev–Trinajstić information content (AvgIpc) is 2.32. The first kappa shape index (κ1) is 17.7. The molecule has 0 fully saturated rings. The Hall–Kier alpha value is -1.30. The van der Waals surface area contributed by atoms with Gasteiger partial charge in [0.15, 0.2) is 0 Å². The first-order valence-corrected chi connectivity index (χ1v) is 6.50. The van der Waals surface area contributed by atoms with Gasteiger partial charge in [0.2, 0.25) is 0 Å². The minimum atomic E-state index is -0.861. The second-order valence-electron chi connectivity index (χ2n) is 5.60. The quantitative estimate of drug-likeness (QED) is 0.735. The molecular weight excluding hydrogens is 248 g/mol. The molecule has 0 aromatic carbocycles. The fourth-order valence-corrected chi connectivity index (χ4v) is 1.53. The van der Waals surface area contributed by atoms with Gasteiger partial charge in [-0.1, -0.05) is 0 Å². The molecule has 2 N–H and O–H groups in total. The van der Waals surface area contributed by atoms with Crippen LogP contribution in [0.5, 0.6) is 0 Å². The number of carbonyl (C=O) groups excluding carboxylic acids is 1. The Morgan fingerprint density at radius 3 is 2.16 bits per heavy atom. The first-order chi connectivity index (χ1) is 8.63. The summed E-state index contributed by atoms with van der Waals surface area (Å²) in [5, 5.41) is 17.9. The minimum absolute atomic E-state index is 0.0155. The third kappa shape index (κ3) is 5.46. The summed E-state index contributed by atoms with van der Waals surface area (Å²) in [4.78, 5) is 26.0. The molecule has 19 heavy (non-hydrogen) atoms. The summed E-state index contributed by atoms with van der Waals surface area (Å²) in [6.07, 6.45) is 0.469. The van der Waals surface area contributed by atoms with Gasteiger partial charge in [-0.2, -0.15) is 0 Å². The van der Waals surface area contributed by atoms with Gasteiger partial charge in [-0.25, -0.2) is 4.79 Å². The van der Waals surface area contributed by atoms with E-state index in [2.05, 4.69) is 0 Å². The van der Waals surface area contributed by atoms with Gasteiger partial charge in [-0.3, -0.25) is 4.79 Å². The molecule has 2 amide bonds. The van der Waals surface area contributed by atoms with E-state index in [1.807, 2.05) is 13.8 Å². The summed E-state index contributed by atoms with van der Waals surface area (Å²) in [5.74, 6) is -0.861. The van der Waals surface area contributed by atoms with E-state index in [0.717, 1.165) is 0 Å². The van der Waals surface area contributed by atoms with Crippen LogP contribution in [0.15, 0.2) is 0 Å². The molecule has 0 bridgehead atoms. The Labute approximate surface area is 115 Å². The molecule has 0 radical (unpaired) electrons. The number of hydrogen-bond acceptors (Lipinski definition) is 3. The Morgan fingerprint density at radius 1 is 1.26 bits per heavy atom. The molecule has 0 atom stereocenters. The normalized spacial score (nSPS) is 11.5. The average molecular weight is 274 g/mol. The van der Waals surface area contributed by atoms with Crippen LogP contribution >= 0.6 is 0 Å². The molecule has 0 aromatic rings. The lowest BCUT2D eigenvalue weighted by atomic mass is 10.1. The van der Waals surface area contributed by atoms with Gasteiger partial charge in [0.1, 0.15) is 0 Å². The van der Waals surface area contributed by atoms with Crippen molar-refractivity contribution in [2.45, 2.75) is 52.1 Å². The largest absolute Gasteiger partial charge is 0.481 e. The van der Waals surface area contributed by atoms with Crippen LogP contribution < -0.4 is 0 Å². The third-order valence-electron chi connectivity index (χ3n) is 3.24. The number of aliphatic carboxylic acids is 1. The van der Waals surface area contributed by atoms with E-state index in [0.29, 0.717) is 13.0 Å². The number of amides is 2. The maximum absolute atomic E-state index is 12.4. The topological polar surface area (TPSA) is 81.1 Å². The molecule has 6 nitrogen and oxygen atoms in total. The van der Waals surface area contributed by atoms with Crippen molar-refractivity contribution in [2.75, 3.05) is 20.2 Å². The Bertz CT molecular complexity index is 316. The van der Waals surface area contributed by atoms with Gasteiger partial charge in [-0.05, 0) is 34.1 Å². The van der Waals surface area contributed by atoms with E-state index in [4.69, 9.17) is 5.11 Å². The van der Waals surface area contributed by atoms with Crippen molar-refractivity contribution in [1.29, 1.82) is 0 Å². The van der Waals surface area contributed by atoms with Crippen molar-refractivity contribution in [1.82, 2.24) is 9.80 Å². The number of nitrogens with zero attached hydrogens (tertiary/aromatic N) is 2. The first-order valence-electron chi connectivity index (χ1n) is 6.50. The van der Waals surface area contributed by atoms with Gasteiger partial charge >= 0.3 is 12.0 Å². The Morgan fingerprint density at radius 2 is 1.79 bits per heavy atom. The Balaban J connectivity index is 4.70. The fourth-order valence-electron chi connectivity index (χ4n) is 1.53. The number of rotatable bonds is 7. The molecule has 0 saturated heterocycles. The standard InChI is InChI=1S/C13H26N2O4/c1-10(2)15(8-6-7-11(17)18)12(19)14(5)13(3,4)9-16/h10,16H,6-9H2,1-5H3,(H,17,18). The molecular formula is C13H26N2O4. The number of aliphatic hydroxyl groups excluding tert-OH is 1. The maximum atomic E-state index is 12.4.